The summed E-state index contributed by atoms with van der Waals surface area (Å²) in [7, 11) is 0. The van der Waals surface area contributed by atoms with E-state index < -0.39 is 0 Å². The van der Waals surface area contributed by atoms with E-state index in [1.807, 2.05) is 44.2 Å². The Balaban J connectivity index is 1.92. The first-order valence-electron chi connectivity index (χ1n) is 6.66. The highest BCUT2D eigenvalue weighted by molar-refractivity contribution is 7.99. The van der Waals surface area contributed by atoms with E-state index in [9.17, 15) is 0 Å². The van der Waals surface area contributed by atoms with Gasteiger partial charge in [0.15, 0.2) is 0 Å². The van der Waals surface area contributed by atoms with E-state index in [0.717, 1.165) is 22.0 Å². The molecule has 1 aromatic carbocycles. The predicted octanol–water partition coefficient (Wildman–Crippen LogP) is 4.25. The Hall–Kier alpha value is -1.59. The quantitative estimate of drug-likeness (QED) is 0.677. The van der Waals surface area contributed by atoms with Crippen LogP contribution in [0.1, 0.15) is 29.1 Å². The Morgan fingerprint density at radius 1 is 1.19 bits per heavy atom. The monoisotopic (exact) mass is 318 g/mol. The Labute approximate surface area is 132 Å². The summed E-state index contributed by atoms with van der Waals surface area (Å²) in [6.07, 6.45) is 0. The maximum absolute atomic E-state index is 6.24. The Morgan fingerprint density at radius 2 is 1.95 bits per heavy atom. The zero-order valence-corrected chi connectivity index (χ0v) is 13.6. The Bertz CT molecular complexity index is 799. The number of rotatable bonds is 3. The summed E-state index contributed by atoms with van der Waals surface area (Å²) in [5, 5.41) is 6.17. The number of fused-ring (bicyclic) bond motifs is 1. The van der Waals surface area contributed by atoms with Crippen molar-refractivity contribution < 1.29 is 0 Å². The number of hydrogen-bond acceptors (Lipinski definition) is 4. The van der Waals surface area contributed by atoms with Gasteiger partial charge in [-0.1, -0.05) is 41.6 Å². The van der Waals surface area contributed by atoms with E-state index in [1.165, 1.54) is 0 Å². The minimum atomic E-state index is 0.178. The third-order valence-corrected chi connectivity index (χ3v) is 4.56. The lowest BCUT2D eigenvalue weighted by atomic mass is 10.2. The number of hydrogen-bond donors (Lipinski definition) is 0. The average Bonchev–Trinajstić information content (AvgIpc) is 2.81. The van der Waals surface area contributed by atoms with Gasteiger partial charge in [0.05, 0.1) is 0 Å². The lowest BCUT2D eigenvalue weighted by molar-refractivity contribution is 0.841. The van der Waals surface area contributed by atoms with Gasteiger partial charge in [-0.25, -0.2) is 9.50 Å². The van der Waals surface area contributed by atoms with Gasteiger partial charge in [-0.05, 0) is 38.5 Å². The number of aromatic nitrogens is 4. The number of benzene rings is 1. The molecule has 3 rings (SSSR count). The fourth-order valence-electron chi connectivity index (χ4n) is 2.22. The second-order valence-electron chi connectivity index (χ2n) is 4.93. The molecule has 0 aliphatic rings. The highest BCUT2D eigenvalue weighted by Crippen LogP contribution is 2.36. The molecule has 108 valence electrons. The molecule has 3 aromatic rings. The van der Waals surface area contributed by atoms with Crippen molar-refractivity contribution >= 4 is 29.1 Å². The summed E-state index contributed by atoms with van der Waals surface area (Å²) in [6, 6.07) is 9.85. The average molecular weight is 319 g/mol. The van der Waals surface area contributed by atoms with Crippen LogP contribution in [0.25, 0.3) is 5.78 Å². The number of halogens is 1. The summed E-state index contributed by atoms with van der Waals surface area (Å²) in [5.41, 5.74) is 3.06. The number of aryl methyl sites for hydroxylation is 2. The molecule has 2 heterocycles. The van der Waals surface area contributed by atoms with Crippen LogP contribution in [-0.2, 0) is 0 Å². The maximum Gasteiger partial charge on any atom is 0.253 e. The van der Waals surface area contributed by atoms with Crippen LogP contribution >= 0.6 is 23.4 Å². The molecule has 0 aliphatic heterocycles. The van der Waals surface area contributed by atoms with Gasteiger partial charge in [0.2, 0.25) is 5.16 Å². The van der Waals surface area contributed by atoms with Gasteiger partial charge in [-0.15, -0.1) is 5.10 Å². The van der Waals surface area contributed by atoms with Crippen molar-refractivity contribution in [3.05, 3.63) is 52.3 Å². The van der Waals surface area contributed by atoms with Crippen molar-refractivity contribution in [2.24, 2.45) is 0 Å². The van der Waals surface area contributed by atoms with Gasteiger partial charge in [0, 0.05) is 21.7 Å². The third kappa shape index (κ3) is 2.89. The summed E-state index contributed by atoms with van der Waals surface area (Å²) >= 11 is 7.82. The van der Waals surface area contributed by atoms with Crippen LogP contribution in [0.3, 0.4) is 0 Å². The molecule has 0 aliphatic carbocycles. The van der Waals surface area contributed by atoms with Crippen LogP contribution in [0.2, 0.25) is 5.02 Å². The van der Waals surface area contributed by atoms with Gasteiger partial charge in [0.1, 0.15) is 0 Å². The molecule has 2 aromatic heterocycles. The molecule has 0 amide bonds. The van der Waals surface area contributed by atoms with E-state index in [0.29, 0.717) is 10.9 Å². The van der Waals surface area contributed by atoms with E-state index in [-0.39, 0.29) is 5.25 Å². The lowest BCUT2D eigenvalue weighted by Gasteiger charge is -2.10. The molecule has 0 saturated heterocycles. The van der Waals surface area contributed by atoms with Gasteiger partial charge < -0.3 is 0 Å². The van der Waals surface area contributed by atoms with Gasteiger partial charge in [-0.3, -0.25) is 0 Å². The fraction of sp³-hybridized carbons (Fsp3) is 0.267. The minimum absolute atomic E-state index is 0.178. The van der Waals surface area contributed by atoms with Crippen LogP contribution in [0.4, 0.5) is 0 Å². The molecule has 0 spiro atoms. The molecule has 0 saturated carbocycles. The number of thioether (sulfide) groups is 1. The lowest BCUT2D eigenvalue weighted by Crippen LogP contribution is -1.97. The molecule has 21 heavy (non-hydrogen) atoms. The van der Waals surface area contributed by atoms with Gasteiger partial charge in [-0.2, -0.15) is 4.98 Å². The molecule has 6 heteroatoms. The van der Waals surface area contributed by atoms with Gasteiger partial charge in [0.25, 0.3) is 5.78 Å². The molecule has 4 nitrogen and oxygen atoms in total. The van der Waals surface area contributed by atoms with Crippen LogP contribution in [-0.4, -0.2) is 19.6 Å². The first kappa shape index (κ1) is 14.4. The Kier molecular flexibility index (Phi) is 3.87. The maximum atomic E-state index is 6.24. The molecule has 0 fully saturated rings. The van der Waals surface area contributed by atoms with Crippen molar-refractivity contribution in [3.63, 3.8) is 0 Å². The normalized spacial score (nSPS) is 12.8. The van der Waals surface area contributed by atoms with Crippen LogP contribution < -0.4 is 0 Å². The third-order valence-electron chi connectivity index (χ3n) is 3.22. The summed E-state index contributed by atoms with van der Waals surface area (Å²) in [4.78, 5) is 8.89. The fourth-order valence-corrected chi connectivity index (χ4v) is 3.50. The van der Waals surface area contributed by atoms with E-state index in [1.54, 1.807) is 16.3 Å². The molecular formula is C15H15ClN4S. The highest BCUT2D eigenvalue weighted by Gasteiger charge is 2.15. The first-order chi connectivity index (χ1) is 10.0. The summed E-state index contributed by atoms with van der Waals surface area (Å²) in [6.45, 7) is 6.06. The SMILES string of the molecule is Cc1cc(C)n2nc(S[C@@H](C)c3ccccc3Cl)nc2n1. The summed E-state index contributed by atoms with van der Waals surface area (Å²) < 4.78 is 1.77. The molecule has 0 N–H and O–H groups in total. The molecule has 0 radical (unpaired) electrons. The van der Waals surface area contributed by atoms with Crippen molar-refractivity contribution in [3.8, 4) is 0 Å². The van der Waals surface area contributed by atoms with Crippen molar-refractivity contribution in [2.75, 3.05) is 0 Å². The van der Waals surface area contributed by atoms with Crippen LogP contribution in [0.15, 0.2) is 35.5 Å². The van der Waals surface area contributed by atoms with E-state index >= 15 is 0 Å². The van der Waals surface area contributed by atoms with E-state index in [2.05, 4.69) is 22.0 Å². The second-order valence-corrected chi connectivity index (χ2v) is 6.64. The van der Waals surface area contributed by atoms with E-state index in [4.69, 9.17) is 11.6 Å². The minimum Gasteiger partial charge on any atom is -0.216 e. The zero-order valence-electron chi connectivity index (χ0n) is 12.0. The van der Waals surface area contributed by atoms with Crippen molar-refractivity contribution in [2.45, 2.75) is 31.2 Å². The standard InChI is InChI=1S/C15H15ClN4S/c1-9-8-10(2)20-14(17-9)18-15(19-20)21-11(3)12-6-4-5-7-13(12)16/h4-8,11H,1-3H3/t11-/m0/s1. The largest absolute Gasteiger partial charge is 0.253 e. The first-order valence-corrected chi connectivity index (χ1v) is 7.92. The van der Waals surface area contributed by atoms with Gasteiger partial charge >= 0.3 is 0 Å². The molecule has 1 atom stereocenters. The number of nitrogens with zero attached hydrogens (tertiary/aromatic N) is 4. The zero-order chi connectivity index (χ0) is 15.0. The van der Waals surface area contributed by atoms with Crippen LogP contribution in [0.5, 0.6) is 0 Å². The topological polar surface area (TPSA) is 43.1 Å². The second kappa shape index (κ2) is 5.66. The van der Waals surface area contributed by atoms with Crippen molar-refractivity contribution in [1.82, 2.24) is 19.6 Å². The highest BCUT2D eigenvalue weighted by atomic mass is 35.5. The summed E-state index contributed by atoms with van der Waals surface area (Å²) in [5.74, 6) is 0.640. The smallest absolute Gasteiger partial charge is 0.216 e. The molecule has 0 unspecified atom stereocenters. The van der Waals surface area contributed by atoms with Crippen LogP contribution in [0, 0.1) is 13.8 Å². The molecule has 0 bridgehead atoms. The predicted molar refractivity (Wildman–Crippen MR) is 86.0 cm³/mol. The van der Waals surface area contributed by atoms with Crippen molar-refractivity contribution in [1.29, 1.82) is 0 Å². The molecular weight excluding hydrogens is 304 g/mol. The Morgan fingerprint density at radius 3 is 2.71 bits per heavy atom.